The predicted molar refractivity (Wildman–Crippen MR) is 106 cm³/mol. The first-order valence-electron chi connectivity index (χ1n) is 8.85. The lowest BCUT2D eigenvalue weighted by molar-refractivity contribution is -0.122. The molecule has 0 saturated heterocycles. The fraction of sp³-hybridized carbons (Fsp3) is 0.381. The van der Waals surface area contributed by atoms with Crippen LogP contribution in [0.1, 0.15) is 11.1 Å². The van der Waals surface area contributed by atoms with Crippen LogP contribution in [0.15, 0.2) is 42.5 Å². The standard InChI is InChI=1S/C21H28N2O4/c1-23(14-16-9-10-19(26-3)20(13-16)27-4)15-21(24)22-12-11-17-7-5-6-8-18(17)25-2/h5-10,13H,11-12,14-15H2,1-4H3,(H,22,24). The van der Waals surface area contributed by atoms with Crippen LogP contribution in [0.2, 0.25) is 0 Å². The Bertz CT molecular complexity index is 749. The number of nitrogens with one attached hydrogen (secondary N) is 1. The van der Waals surface area contributed by atoms with Crippen LogP contribution in [-0.4, -0.2) is 52.3 Å². The van der Waals surface area contributed by atoms with Gasteiger partial charge in [0, 0.05) is 13.1 Å². The van der Waals surface area contributed by atoms with Crippen molar-refractivity contribution in [2.45, 2.75) is 13.0 Å². The number of carbonyl (C=O) groups is 1. The van der Waals surface area contributed by atoms with Crippen molar-refractivity contribution in [3.05, 3.63) is 53.6 Å². The minimum Gasteiger partial charge on any atom is -0.496 e. The van der Waals surface area contributed by atoms with E-state index in [0.717, 1.165) is 23.3 Å². The number of hydrogen-bond acceptors (Lipinski definition) is 5. The highest BCUT2D eigenvalue weighted by molar-refractivity contribution is 5.78. The number of nitrogens with zero attached hydrogens (tertiary/aromatic N) is 1. The van der Waals surface area contributed by atoms with Gasteiger partial charge in [0.25, 0.3) is 0 Å². The molecule has 0 bridgehead atoms. The molecule has 2 aromatic carbocycles. The van der Waals surface area contributed by atoms with Crippen molar-refractivity contribution >= 4 is 5.91 Å². The average Bonchev–Trinajstić information content (AvgIpc) is 2.68. The molecule has 0 atom stereocenters. The Hall–Kier alpha value is -2.73. The quantitative estimate of drug-likeness (QED) is 0.694. The third-order valence-corrected chi connectivity index (χ3v) is 4.22. The third-order valence-electron chi connectivity index (χ3n) is 4.22. The summed E-state index contributed by atoms with van der Waals surface area (Å²) in [6, 6.07) is 13.6. The summed E-state index contributed by atoms with van der Waals surface area (Å²) in [6.07, 6.45) is 0.731. The van der Waals surface area contributed by atoms with Crippen LogP contribution >= 0.6 is 0 Å². The lowest BCUT2D eigenvalue weighted by Crippen LogP contribution is -2.35. The molecule has 0 aromatic heterocycles. The van der Waals surface area contributed by atoms with Gasteiger partial charge in [0.2, 0.25) is 5.91 Å². The first-order valence-corrected chi connectivity index (χ1v) is 8.85. The van der Waals surface area contributed by atoms with Crippen molar-refractivity contribution in [3.8, 4) is 17.2 Å². The molecule has 0 spiro atoms. The normalized spacial score (nSPS) is 10.6. The van der Waals surface area contributed by atoms with Crippen LogP contribution < -0.4 is 19.5 Å². The largest absolute Gasteiger partial charge is 0.496 e. The highest BCUT2D eigenvalue weighted by Gasteiger charge is 2.10. The Morgan fingerprint density at radius 3 is 2.37 bits per heavy atom. The Morgan fingerprint density at radius 1 is 0.963 bits per heavy atom. The Balaban J connectivity index is 1.80. The average molecular weight is 372 g/mol. The maximum Gasteiger partial charge on any atom is 0.234 e. The van der Waals surface area contributed by atoms with Crippen molar-refractivity contribution in [2.75, 3.05) is 41.5 Å². The smallest absolute Gasteiger partial charge is 0.234 e. The van der Waals surface area contributed by atoms with Gasteiger partial charge in [-0.2, -0.15) is 0 Å². The van der Waals surface area contributed by atoms with Crippen LogP contribution in [0.3, 0.4) is 0 Å². The van der Waals surface area contributed by atoms with Crippen LogP contribution in [0.5, 0.6) is 17.2 Å². The SMILES string of the molecule is COc1ccccc1CCNC(=O)CN(C)Cc1ccc(OC)c(OC)c1. The number of carbonyl (C=O) groups excluding carboxylic acids is 1. The van der Waals surface area contributed by atoms with Gasteiger partial charge in [-0.05, 0) is 42.8 Å². The topological polar surface area (TPSA) is 60.0 Å². The number of likely N-dealkylation sites (N-methyl/N-ethyl adjacent to an activating group) is 1. The first kappa shape index (κ1) is 20.6. The molecule has 0 aliphatic carbocycles. The zero-order valence-electron chi connectivity index (χ0n) is 16.5. The van der Waals surface area contributed by atoms with Gasteiger partial charge < -0.3 is 19.5 Å². The fourth-order valence-electron chi connectivity index (χ4n) is 2.89. The molecule has 2 aromatic rings. The summed E-state index contributed by atoms with van der Waals surface area (Å²) in [5.41, 5.74) is 2.14. The van der Waals surface area contributed by atoms with E-state index in [1.54, 1.807) is 21.3 Å². The summed E-state index contributed by atoms with van der Waals surface area (Å²) in [4.78, 5) is 14.1. The summed E-state index contributed by atoms with van der Waals surface area (Å²) in [5.74, 6) is 2.22. The minimum absolute atomic E-state index is 0.00660. The molecule has 0 fully saturated rings. The minimum atomic E-state index is -0.00660. The van der Waals surface area contributed by atoms with E-state index in [4.69, 9.17) is 14.2 Å². The number of rotatable bonds is 10. The van der Waals surface area contributed by atoms with Gasteiger partial charge in [-0.3, -0.25) is 9.69 Å². The third kappa shape index (κ3) is 6.18. The molecule has 0 heterocycles. The van der Waals surface area contributed by atoms with Crippen molar-refractivity contribution < 1.29 is 19.0 Å². The molecular weight excluding hydrogens is 344 g/mol. The summed E-state index contributed by atoms with van der Waals surface area (Å²) in [6.45, 7) is 1.53. The zero-order chi connectivity index (χ0) is 19.6. The van der Waals surface area contributed by atoms with Gasteiger partial charge in [-0.25, -0.2) is 0 Å². The second-order valence-electron chi connectivity index (χ2n) is 6.27. The van der Waals surface area contributed by atoms with E-state index in [1.807, 2.05) is 54.4 Å². The number of ether oxygens (including phenoxy) is 3. The summed E-state index contributed by atoms with van der Waals surface area (Å²) < 4.78 is 15.9. The molecule has 0 saturated carbocycles. The van der Waals surface area contributed by atoms with E-state index >= 15 is 0 Å². The lowest BCUT2D eigenvalue weighted by atomic mass is 10.1. The molecule has 0 unspecified atom stereocenters. The first-order chi connectivity index (χ1) is 13.1. The van der Waals surface area contributed by atoms with E-state index in [9.17, 15) is 4.79 Å². The van der Waals surface area contributed by atoms with Crippen molar-refractivity contribution in [2.24, 2.45) is 0 Å². The maximum absolute atomic E-state index is 12.2. The monoisotopic (exact) mass is 372 g/mol. The van der Waals surface area contributed by atoms with Crippen molar-refractivity contribution in [1.82, 2.24) is 10.2 Å². The number of amides is 1. The van der Waals surface area contributed by atoms with Crippen molar-refractivity contribution in [1.29, 1.82) is 0 Å². The van der Waals surface area contributed by atoms with Gasteiger partial charge in [0.15, 0.2) is 11.5 Å². The molecule has 1 N–H and O–H groups in total. The molecular formula is C21H28N2O4. The molecule has 0 radical (unpaired) electrons. The van der Waals surface area contributed by atoms with Gasteiger partial charge in [0.1, 0.15) is 5.75 Å². The molecule has 27 heavy (non-hydrogen) atoms. The highest BCUT2D eigenvalue weighted by atomic mass is 16.5. The number of benzene rings is 2. The van der Waals surface area contributed by atoms with E-state index in [2.05, 4.69) is 5.32 Å². The second-order valence-corrected chi connectivity index (χ2v) is 6.27. The number of hydrogen-bond donors (Lipinski definition) is 1. The molecule has 1 amide bonds. The van der Waals surface area contributed by atoms with Gasteiger partial charge in [-0.1, -0.05) is 24.3 Å². The molecule has 6 heteroatoms. The number of methoxy groups -OCH3 is 3. The lowest BCUT2D eigenvalue weighted by Gasteiger charge is -2.17. The van der Waals surface area contributed by atoms with E-state index in [-0.39, 0.29) is 5.91 Å². The number of para-hydroxylation sites is 1. The zero-order valence-corrected chi connectivity index (χ0v) is 16.5. The van der Waals surface area contributed by atoms with E-state index < -0.39 is 0 Å². The summed E-state index contributed by atoms with van der Waals surface area (Å²) >= 11 is 0. The van der Waals surface area contributed by atoms with Crippen molar-refractivity contribution in [3.63, 3.8) is 0 Å². The van der Waals surface area contributed by atoms with Gasteiger partial charge in [-0.15, -0.1) is 0 Å². The van der Waals surface area contributed by atoms with E-state index in [1.165, 1.54) is 0 Å². The van der Waals surface area contributed by atoms with Crippen LogP contribution in [0, 0.1) is 0 Å². The predicted octanol–water partition coefficient (Wildman–Crippen LogP) is 2.50. The summed E-state index contributed by atoms with van der Waals surface area (Å²) in [7, 11) is 6.79. The Morgan fingerprint density at radius 2 is 1.67 bits per heavy atom. The van der Waals surface area contributed by atoms with Gasteiger partial charge >= 0.3 is 0 Å². The Labute approximate surface area is 161 Å². The van der Waals surface area contributed by atoms with Gasteiger partial charge in [0.05, 0.1) is 27.9 Å². The van der Waals surface area contributed by atoms with Crippen LogP contribution in [0.25, 0.3) is 0 Å². The fourth-order valence-corrected chi connectivity index (χ4v) is 2.89. The molecule has 146 valence electrons. The summed E-state index contributed by atoms with van der Waals surface area (Å²) in [5, 5.41) is 2.96. The molecule has 0 aliphatic rings. The Kier molecular flexibility index (Phi) is 7.95. The second kappa shape index (κ2) is 10.4. The maximum atomic E-state index is 12.2. The molecule has 6 nitrogen and oxygen atoms in total. The highest BCUT2D eigenvalue weighted by Crippen LogP contribution is 2.27. The van der Waals surface area contributed by atoms with Crippen LogP contribution in [-0.2, 0) is 17.8 Å². The molecule has 0 aliphatic heterocycles. The van der Waals surface area contributed by atoms with Crippen LogP contribution in [0.4, 0.5) is 0 Å². The van der Waals surface area contributed by atoms with E-state index in [0.29, 0.717) is 31.1 Å². The molecule has 2 rings (SSSR count).